The predicted molar refractivity (Wildman–Crippen MR) is 89.1 cm³/mol. The molecule has 0 radical (unpaired) electrons. The van der Waals surface area contributed by atoms with E-state index < -0.39 is 0 Å². The second-order valence-corrected chi connectivity index (χ2v) is 6.36. The van der Waals surface area contributed by atoms with Gasteiger partial charge in [-0.05, 0) is 43.7 Å². The van der Waals surface area contributed by atoms with Crippen molar-refractivity contribution in [3.8, 4) is 5.75 Å². The number of thioether (sulfide) groups is 1. The fraction of sp³-hybridized carbons (Fsp3) is 0.312. The van der Waals surface area contributed by atoms with Gasteiger partial charge >= 0.3 is 0 Å². The molecule has 2 rings (SSSR count). The van der Waals surface area contributed by atoms with Crippen LogP contribution < -0.4 is 10.5 Å². The number of nitrogens with two attached hydrogens (primary N) is 1. The maximum atomic E-state index is 6.21. The van der Waals surface area contributed by atoms with Crippen molar-refractivity contribution in [3.63, 3.8) is 0 Å². The first-order valence-electron chi connectivity index (χ1n) is 6.82. The van der Waals surface area contributed by atoms with Gasteiger partial charge in [0, 0.05) is 18.0 Å². The fourth-order valence-electron chi connectivity index (χ4n) is 1.81. The minimum absolute atomic E-state index is 0.0684. The predicted octanol–water partition coefficient (Wildman–Crippen LogP) is 4.31. The van der Waals surface area contributed by atoms with E-state index >= 15 is 0 Å². The summed E-state index contributed by atoms with van der Waals surface area (Å²) >= 11 is 7.65. The van der Waals surface area contributed by atoms with Crippen LogP contribution in [-0.2, 0) is 0 Å². The molecular formula is C16H19ClN2OS. The molecular weight excluding hydrogens is 304 g/mol. The zero-order valence-corrected chi connectivity index (χ0v) is 13.7. The average molecular weight is 323 g/mol. The molecule has 1 unspecified atom stereocenters. The highest BCUT2D eigenvalue weighted by molar-refractivity contribution is 7.99. The number of aromatic nitrogens is 1. The Balaban J connectivity index is 1.94. The molecule has 3 nitrogen and oxygen atoms in total. The number of ether oxygens (including phenoxy) is 1. The molecule has 1 atom stereocenters. The Morgan fingerprint density at radius 3 is 2.57 bits per heavy atom. The molecule has 1 heterocycles. The van der Waals surface area contributed by atoms with Gasteiger partial charge < -0.3 is 10.5 Å². The molecule has 0 saturated heterocycles. The van der Waals surface area contributed by atoms with Gasteiger partial charge in [-0.25, -0.2) is 4.98 Å². The topological polar surface area (TPSA) is 48.1 Å². The lowest BCUT2D eigenvalue weighted by Crippen LogP contribution is -2.13. The standard InChI is InChI=1S/C16H19ClN2OS/c1-11(2)20-13-7-5-12(6-8-13)15(18)10-21-16-14(17)4-3-9-19-16/h3-9,11,15H,10,18H2,1-2H3. The van der Waals surface area contributed by atoms with Crippen molar-refractivity contribution >= 4 is 23.4 Å². The second kappa shape index (κ2) is 7.69. The summed E-state index contributed by atoms with van der Waals surface area (Å²) in [4.78, 5) is 4.25. The van der Waals surface area contributed by atoms with Gasteiger partial charge in [0.05, 0.1) is 11.1 Å². The summed E-state index contributed by atoms with van der Waals surface area (Å²) in [6.45, 7) is 4.01. The Hall–Kier alpha value is -1.23. The molecule has 2 aromatic rings. The van der Waals surface area contributed by atoms with Gasteiger partial charge in [0.2, 0.25) is 0 Å². The Kier molecular flexibility index (Phi) is 5.91. The number of benzene rings is 1. The van der Waals surface area contributed by atoms with Gasteiger partial charge in [-0.2, -0.15) is 0 Å². The van der Waals surface area contributed by atoms with Crippen molar-refractivity contribution in [2.75, 3.05) is 5.75 Å². The van der Waals surface area contributed by atoms with E-state index in [1.807, 2.05) is 50.2 Å². The van der Waals surface area contributed by atoms with Gasteiger partial charge in [0.15, 0.2) is 0 Å². The molecule has 0 aliphatic carbocycles. The molecule has 0 fully saturated rings. The van der Waals surface area contributed by atoms with Crippen LogP contribution in [0.4, 0.5) is 0 Å². The van der Waals surface area contributed by atoms with E-state index in [4.69, 9.17) is 22.1 Å². The molecule has 0 aliphatic rings. The molecule has 2 N–H and O–H groups in total. The normalized spacial score (nSPS) is 12.4. The van der Waals surface area contributed by atoms with Gasteiger partial charge in [0.1, 0.15) is 10.8 Å². The van der Waals surface area contributed by atoms with Crippen LogP contribution in [0.5, 0.6) is 5.75 Å². The first-order valence-corrected chi connectivity index (χ1v) is 8.18. The zero-order valence-electron chi connectivity index (χ0n) is 12.1. The second-order valence-electron chi connectivity index (χ2n) is 4.94. The van der Waals surface area contributed by atoms with Crippen molar-refractivity contribution in [2.24, 2.45) is 5.73 Å². The molecule has 21 heavy (non-hydrogen) atoms. The van der Waals surface area contributed by atoms with Crippen molar-refractivity contribution in [3.05, 3.63) is 53.2 Å². The van der Waals surface area contributed by atoms with E-state index in [2.05, 4.69) is 4.98 Å². The maximum Gasteiger partial charge on any atom is 0.119 e. The average Bonchev–Trinajstić information content (AvgIpc) is 2.46. The number of hydrogen-bond acceptors (Lipinski definition) is 4. The van der Waals surface area contributed by atoms with E-state index in [-0.39, 0.29) is 12.1 Å². The highest BCUT2D eigenvalue weighted by Crippen LogP contribution is 2.28. The van der Waals surface area contributed by atoms with Crippen molar-refractivity contribution in [2.45, 2.75) is 31.0 Å². The van der Waals surface area contributed by atoms with Crippen LogP contribution in [0.1, 0.15) is 25.5 Å². The summed E-state index contributed by atoms with van der Waals surface area (Å²) < 4.78 is 5.62. The Labute approximate surface area is 134 Å². The summed E-state index contributed by atoms with van der Waals surface area (Å²) in [5.74, 6) is 1.59. The van der Waals surface area contributed by atoms with Gasteiger partial charge in [-0.1, -0.05) is 23.7 Å². The smallest absolute Gasteiger partial charge is 0.119 e. The number of rotatable bonds is 6. The van der Waals surface area contributed by atoms with Gasteiger partial charge in [-0.15, -0.1) is 11.8 Å². The van der Waals surface area contributed by atoms with Crippen LogP contribution in [0.3, 0.4) is 0 Å². The third-order valence-electron chi connectivity index (χ3n) is 2.80. The lowest BCUT2D eigenvalue weighted by Gasteiger charge is -2.14. The van der Waals surface area contributed by atoms with Crippen LogP contribution in [0.15, 0.2) is 47.6 Å². The molecule has 1 aromatic heterocycles. The van der Waals surface area contributed by atoms with Gasteiger partial charge in [0.25, 0.3) is 0 Å². The molecule has 1 aromatic carbocycles. The lowest BCUT2D eigenvalue weighted by atomic mass is 10.1. The molecule has 5 heteroatoms. The van der Waals surface area contributed by atoms with E-state index in [0.29, 0.717) is 5.02 Å². The van der Waals surface area contributed by atoms with Crippen molar-refractivity contribution < 1.29 is 4.74 Å². The fourth-order valence-corrected chi connectivity index (χ4v) is 2.96. The lowest BCUT2D eigenvalue weighted by molar-refractivity contribution is 0.242. The molecule has 0 saturated carbocycles. The quantitative estimate of drug-likeness (QED) is 0.805. The number of pyridine rings is 1. The third-order valence-corrected chi connectivity index (χ3v) is 4.35. The highest BCUT2D eigenvalue weighted by atomic mass is 35.5. The number of halogens is 1. The summed E-state index contributed by atoms with van der Waals surface area (Å²) in [6, 6.07) is 11.5. The Morgan fingerprint density at radius 1 is 1.24 bits per heavy atom. The Bertz CT molecular complexity index is 575. The van der Waals surface area contributed by atoms with Crippen LogP contribution >= 0.6 is 23.4 Å². The maximum absolute atomic E-state index is 6.21. The van der Waals surface area contributed by atoms with Crippen LogP contribution in [0.2, 0.25) is 5.02 Å². The van der Waals surface area contributed by atoms with Crippen LogP contribution in [-0.4, -0.2) is 16.8 Å². The summed E-state index contributed by atoms with van der Waals surface area (Å²) in [6.07, 6.45) is 1.91. The minimum atomic E-state index is -0.0684. The van der Waals surface area contributed by atoms with Gasteiger partial charge in [-0.3, -0.25) is 0 Å². The van der Waals surface area contributed by atoms with Crippen molar-refractivity contribution in [1.82, 2.24) is 4.98 Å². The van der Waals surface area contributed by atoms with Crippen molar-refractivity contribution in [1.29, 1.82) is 0 Å². The first kappa shape index (κ1) is 16.1. The highest BCUT2D eigenvalue weighted by Gasteiger charge is 2.09. The zero-order chi connectivity index (χ0) is 15.2. The number of nitrogens with zero attached hydrogens (tertiary/aromatic N) is 1. The first-order chi connectivity index (χ1) is 10.1. The molecule has 0 bridgehead atoms. The minimum Gasteiger partial charge on any atom is -0.491 e. The van der Waals surface area contributed by atoms with E-state index in [9.17, 15) is 0 Å². The van der Waals surface area contributed by atoms with Crippen LogP contribution in [0.25, 0.3) is 0 Å². The molecule has 0 amide bonds. The molecule has 112 valence electrons. The largest absolute Gasteiger partial charge is 0.491 e. The summed E-state index contributed by atoms with van der Waals surface area (Å²) in [5, 5.41) is 1.48. The van der Waals surface area contributed by atoms with Crippen LogP contribution in [0, 0.1) is 0 Å². The monoisotopic (exact) mass is 322 g/mol. The third kappa shape index (κ3) is 4.92. The molecule has 0 spiro atoms. The SMILES string of the molecule is CC(C)Oc1ccc(C(N)CSc2ncccc2Cl)cc1. The number of hydrogen-bond donors (Lipinski definition) is 1. The Morgan fingerprint density at radius 2 is 1.95 bits per heavy atom. The summed E-state index contributed by atoms with van der Waals surface area (Å²) in [5.41, 5.74) is 7.29. The van der Waals surface area contributed by atoms with E-state index in [1.165, 1.54) is 0 Å². The van der Waals surface area contributed by atoms with E-state index in [0.717, 1.165) is 22.1 Å². The summed E-state index contributed by atoms with van der Waals surface area (Å²) in [7, 11) is 0. The van der Waals surface area contributed by atoms with E-state index in [1.54, 1.807) is 18.0 Å². The molecule has 0 aliphatic heterocycles.